The fraction of sp³-hybridized carbons (Fsp3) is 0.318. The predicted octanol–water partition coefficient (Wildman–Crippen LogP) is 3.25. The van der Waals surface area contributed by atoms with E-state index in [1.807, 2.05) is 31.2 Å². The van der Waals surface area contributed by atoms with E-state index in [0.29, 0.717) is 35.9 Å². The first kappa shape index (κ1) is 23.7. The Hall–Kier alpha value is -2.98. The zero-order valence-electron chi connectivity index (χ0n) is 18.2. The lowest BCUT2D eigenvalue weighted by atomic mass is 10.1. The number of amides is 1. The predicted molar refractivity (Wildman–Crippen MR) is 125 cm³/mol. The Morgan fingerprint density at radius 1 is 1.22 bits per heavy atom. The van der Waals surface area contributed by atoms with Crippen molar-refractivity contribution in [3.63, 3.8) is 0 Å². The van der Waals surface area contributed by atoms with E-state index >= 15 is 0 Å². The zero-order valence-corrected chi connectivity index (χ0v) is 19.9. The van der Waals surface area contributed by atoms with Crippen LogP contribution < -0.4 is 4.74 Å². The van der Waals surface area contributed by atoms with Crippen LogP contribution in [0.25, 0.3) is 11.4 Å². The number of rotatable bonds is 9. The van der Waals surface area contributed by atoms with Crippen LogP contribution in [0.2, 0.25) is 0 Å². The van der Waals surface area contributed by atoms with Gasteiger partial charge in [-0.1, -0.05) is 35.9 Å². The first-order valence-corrected chi connectivity index (χ1v) is 12.3. The quantitative estimate of drug-likeness (QED) is 0.378. The van der Waals surface area contributed by atoms with Gasteiger partial charge in [0.2, 0.25) is 5.91 Å². The maximum Gasteiger partial charge on any atom is 0.242 e. The topological polar surface area (TPSA) is 97.3 Å². The van der Waals surface area contributed by atoms with Crippen LogP contribution in [0.5, 0.6) is 5.75 Å². The number of benzene rings is 2. The third-order valence-electron chi connectivity index (χ3n) is 4.93. The van der Waals surface area contributed by atoms with Gasteiger partial charge in [0, 0.05) is 25.4 Å². The number of likely N-dealkylation sites (N-methyl/N-ethyl adjacent to an activating group) is 1. The standard InChI is InChI=1S/C22H26N4O4S2/c1-16-8-10-17(11-9-16)21-23-24-22(31)26(21)15-20(27)25(2)12-5-13-30-18-6-4-7-19(14-18)32(3,28)29/h4,6-11,14H,5,12-13,15H2,1-3H3,(H,24,31). The highest BCUT2D eigenvalue weighted by molar-refractivity contribution is 7.90. The summed E-state index contributed by atoms with van der Waals surface area (Å²) in [4.78, 5) is 14.6. The van der Waals surface area contributed by atoms with E-state index in [4.69, 9.17) is 17.0 Å². The molecule has 3 aromatic rings. The average Bonchev–Trinajstić information content (AvgIpc) is 3.11. The molecule has 0 atom stereocenters. The number of nitrogens with one attached hydrogen (secondary N) is 1. The summed E-state index contributed by atoms with van der Waals surface area (Å²) < 4.78 is 31.0. The minimum Gasteiger partial charge on any atom is -0.493 e. The summed E-state index contributed by atoms with van der Waals surface area (Å²) in [5.74, 6) is 0.995. The summed E-state index contributed by atoms with van der Waals surface area (Å²) in [5, 5.41) is 7.04. The minimum atomic E-state index is -3.29. The minimum absolute atomic E-state index is 0.0757. The second-order valence-electron chi connectivity index (χ2n) is 7.57. The number of sulfone groups is 1. The number of aromatic nitrogens is 3. The fourth-order valence-corrected chi connectivity index (χ4v) is 3.91. The Morgan fingerprint density at radius 3 is 2.62 bits per heavy atom. The molecular weight excluding hydrogens is 448 g/mol. The smallest absolute Gasteiger partial charge is 0.242 e. The summed E-state index contributed by atoms with van der Waals surface area (Å²) in [5.41, 5.74) is 2.01. The van der Waals surface area contributed by atoms with Gasteiger partial charge in [0.05, 0.1) is 11.5 Å². The summed E-state index contributed by atoms with van der Waals surface area (Å²) in [6, 6.07) is 14.2. The number of ether oxygens (including phenoxy) is 1. The number of carbonyl (C=O) groups excluding carboxylic acids is 1. The molecule has 3 rings (SSSR count). The molecule has 0 spiro atoms. The van der Waals surface area contributed by atoms with Crippen LogP contribution in [-0.4, -0.2) is 60.4 Å². The van der Waals surface area contributed by atoms with Gasteiger partial charge in [-0.15, -0.1) is 0 Å². The lowest BCUT2D eigenvalue weighted by molar-refractivity contribution is -0.130. The molecule has 1 aromatic heterocycles. The monoisotopic (exact) mass is 474 g/mol. The van der Waals surface area contributed by atoms with E-state index in [1.165, 1.54) is 12.1 Å². The van der Waals surface area contributed by atoms with Gasteiger partial charge < -0.3 is 9.64 Å². The Balaban J connectivity index is 1.55. The van der Waals surface area contributed by atoms with Crippen molar-refractivity contribution in [1.82, 2.24) is 19.7 Å². The Bertz CT molecular complexity index is 1250. The van der Waals surface area contributed by atoms with Crippen molar-refractivity contribution < 1.29 is 17.9 Å². The van der Waals surface area contributed by atoms with Crippen molar-refractivity contribution in [3.05, 3.63) is 58.9 Å². The maximum atomic E-state index is 12.7. The van der Waals surface area contributed by atoms with Gasteiger partial charge >= 0.3 is 0 Å². The Kier molecular flexibility index (Phi) is 7.47. The molecule has 2 aromatic carbocycles. The molecule has 8 nitrogen and oxygen atoms in total. The number of H-pyrrole nitrogens is 1. The molecule has 170 valence electrons. The van der Waals surface area contributed by atoms with Crippen molar-refractivity contribution in [1.29, 1.82) is 0 Å². The maximum absolute atomic E-state index is 12.7. The summed E-state index contributed by atoms with van der Waals surface area (Å²) in [7, 11) is -1.56. The average molecular weight is 475 g/mol. The molecular formula is C22H26N4O4S2. The van der Waals surface area contributed by atoms with Crippen LogP contribution in [0, 0.1) is 11.7 Å². The fourth-order valence-electron chi connectivity index (χ4n) is 3.05. The van der Waals surface area contributed by atoms with E-state index in [2.05, 4.69) is 10.2 Å². The molecule has 0 saturated heterocycles. The molecule has 0 bridgehead atoms. The first-order chi connectivity index (χ1) is 15.1. The van der Waals surface area contributed by atoms with E-state index in [-0.39, 0.29) is 17.3 Å². The van der Waals surface area contributed by atoms with Gasteiger partial charge in [0.15, 0.2) is 20.4 Å². The van der Waals surface area contributed by atoms with E-state index in [0.717, 1.165) is 17.4 Å². The number of hydrogen-bond acceptors (Lipinski definition) is 6. The van der Waals surface area contributed by atoms with Crippen LogP contribution in [0.1, 0.15) is 12.0 Å². The normalized spacial score (nSPS) is 11.3. The van der Waals surface area contributed by atoms with Crippen molar-refractivity contribution in [2.45, 2.75) is 24.8 Å². The number of aryl methyl sites for hydroxylation is 1. The molecule has 32 heavy (non-hydrogen) atoms. The van der Waals surface area contributed by atoms with Crippen LogP contribution in [-0.2, 0) is 21.2 Å². The van der Waals surface area contributed by atoms with Gasteiger partial charge in [-0.25, -0.2) is 8.42 Å². The van der Waals surface area contributed by atoms with Gasteiger partial charge in [0.25, 0.3) is 0 Å². The first-order valence-electron chi connectivity index (χ1n) is 10.0. The number of carbonyl (C=O) groups is 1. The Morgan fingerprint density at radius 2 is 1.94 bits per heavy atom. The van der Waals surface area contributed by atoms with Crippen LogP contribution in [0.15, 0.2) is 53.4 Å². The molecule has 10 heteroatoms. The zero-order chi connectivity index (χ0) is 23.3. The molecule has 0 fully saturated rings. The molecule has 0 unspecified atom stereocenters. The van der Waals surface area contributed by atoms with Gasteiger partial charge in [-0.3, -0.25) is 14.5 Å². The van der Waals surface area contributed by atoms with Crippen molar-refractivity contribution in [2.75, 3.05) is 26.5 Å². The van der Waals surface area contributed by atoms with Crippen molar-refractivity contribution in [3.8, 4) is 17.1 Å². The highest BCUT2D eigenvalue weighted by atomic mass is 32.2. The lowest BCUT2D eigenvalue weighted by Crippen LogP contribution is -2.32. The number of nitrogens with zero attached hydrogens (tertiary/aromatic N) is 3. The molecule has 0 aliphatic rings. The van der Waals surface area contributed by atoms with Crippen molar-refractivity contribution >= 4 is 28.0 Å². The van der Waals surface area contributed by atoms with Crippen LogP contribution in [0.4, 0.5) is 0 Å². The third kappa shape index (κ3) is 6.04. The van der Waals surface area contributed by atoms with Gasteiger partial charge in [-0.05, 0) is 43.8 Å². The van der Waals surface area contributed by atoms with E-state index < -0.39 is 9.84 Å². The van der Waals surface area contributed by atoms with Crippen molar-refractivity contribution in [2.24, 2.45) is 0 Å². The molecule has 0 aliphatic heterocycles. The molecule has 0 radical (unpaired) electrons. The molecule has 1 heterocycles. The second kappa shape index (κ2) is 10.1. The van der Waals surface area contributed by atoms with E-state index in [1.54, 1.807) is 28.6 Å². The number of hydrogen-bond donors (Lipinski definition) is 1. The van der Waals surface area contributed by atoms with Crippen LogP contribution in [0.3, 0.4) is 0 Å². The summed E-state index contributed by atoms with van der Waals surface area (Å²) in [6.07, 6.45) is 1.75. The van der Waals surface area contributed by atoms with E-state index in [9.17, 15) is 13.2 Å². The molecule has 1 N–H and O–H groups in total. The van der Waals surface area contributed by atoms with Gasteiger partial charge in [-0.2, -0.15) is 5.10 Å². The van der Waals surface area contributed by atoms with Gasteiger partial charge in [0.1, 0.15) is 12.3 Å². The summed E-state index contributed by atoms with van der Waals surface area (Å²) >= 11 is 5.31. The third-order valence-corrected chi connectivity index (χ3v) is 6.35. The highest BCUT2D eigenvalue weighted by Crippen LogP contribution is 2.19. The highest BCUT2D eigenvalue weighted by Gasteiger charge is 2.15. The lowest BCUT2D eigenvalue weighted by Gasteiger charge is -2.18. The molecule has 1 amide bonds. The SMILES string of the molecule is Cc1ccc(-c2n[nH]c(=S)n2CC(=O)N(C)CCCOc2cccc(S(C)(=O)=O)c2)cc1. The Labute approximate surface area is 192 Å². The summed E-state index contributed by atoms with van der Waals surface area (Å²) in [6.45, 7) is 2.91. The molecule has 0 saturated carbocycles. The largest absolute Gasteiger partial charge is 0.493 e. The van der Waals surface area contributed by atoms with Crippen LogP contribution >= 0.6 is 12.2 Å². The second-order valence-corrected chi connectivity index (χ2v) is 9.97. The molecule has 0 aliphatic carbocycles. The number of aromatic amines is 1.